The number of halogens is 1. The Morgan fingerprint density at radius 1 is 1.00 bits per heavy atom. The molecule has 1 unspecified atom stereocenters. The fourth-order valence-electron chi connectivity index (χ4n) is 2.66. The van der Waals surface area contributed by atoms with Crippen molar-refractivity contribution in [2.75, 3.05) is 11.9 Å². The molecular weight excluding hydrogens is 456 g/mol. The number of carboxylic acid groups (broad SMARTS) is 1. The number of ketones is 1. The average Bonchev–Trinajstić information content (AvgIpc) is 2.75. The molecule has 0 aromatic heterocycles. The van der Waals surface area contributed by atoms with Crippen LogP contribution in [0.5, 0.6) is 0 Å². The van der Waals surface area contributed by atoms with Gasteiger partial charge in [0.05, 0.1) is 17.1 Å². The number of nitrogens with one attached hydrogen (secondary N) is 2. The molecule has 33 heavy (non-hydrogen) atoms. The van der Waals surface area contributed by atoms with Gasteiger partial charge in [-0.05, 0) is 17.7 Å². The first-order chi connectivity index (χ1) is 15.7. The van der Waals surface area contributed by atoms with Crippen LogP contribution in [0.25, 0.3) is 0 Å². The quantitative estimate of drug-likeness (QED) is 0.443. The molecule has 11 heteroatoms. The topological polar surface area (TPSA) is 148 Å². The molecule has 0 heterocycles. The maximum Gasteiger partial charge on any atom is 0.408 e. The summed E-state index contributed by atoms with van der Waals surface area (Å²) in [5.74, 6) is -3.71. The zero-order chi connectivity index (χ0) is 24.4. The zero-order valence-corrected chi connectivity index (χ0v) is 18.3. The molecule has 2 aromatic rings. The molecule has 2 rings (SSSR count). The first kappa shape index (κ1) is 25.3. The number of carbonyl (C=O) groups is 5. The lowest BCUT2D eigenvalue weighted by Gasteiger charge is -2.16. The number of Topliss-reactive ketones (excluding diaryl/α,β-unsaturated/α-hetero) is 1. The highest BCUT2D eigenvalue weighted by Crippen LogP contribution is 2.25. The van der Waals surface area contributed by atoms with E-state index in [1.807, 2.05) is 0 Å². The highest BCUT2D eigenvalue weighted by atomic mass is 35.5. The third kappa shape index (κ3) is 8.26. The second-order valence-corrected chi connectivity index (χ2v) is 7.15. The van der Waals surface area contributed by atoms with Crippen LogP contribution in [-0.2, 0) is 30.5 Å². The van der Waals surface area contributed by atoms with E-state index in [1.165, 1.54) is 25.1 Å². The Morgan fingerprint density at radius 2 is 1.70 bits per heavy atom. The number of alkyl carbamates (subject to hydrolysis) is 1. The zero-order valence-electron chi connectivity index (χ0n) is 17.5. The number of hydrogen-bond donors (Lipinski definition) is 3. The molecule has 3 N–H and O–H groups in total. The van der Waals surface area contributed by atoms with Crippen LogP contribution in [0.4, 0.5) is 10.5 Å². The summed E-state index contributed by atoms with van der Waals surface area (Å²) in [4.78, 5) is 59.4. The molecule has 0 aliphatic heterocycles. The van der Waals surface area contributed by atoms with Crippen molar-refractivity contribution >= 4 is 47.0 Å². The normalized spacial score (nSPS) is 11.1. The second kappa shape index (κ2) is 12.2. The number of benzene rings is 2. The Morgan fingerprint density at radius 3 is 2.33 bits per heavy atom. The highest BCUT2D eigenvalue weighted by Gasteiger charge is 2.26. The van der Waals surface area contributed by atoms with E-state index in [9.17, 15) is 24.0 Å². The fourth-order valence-corrected chi connectivity index (χ4v) is 2.91. The van der Waals surface area contributed by atoms with Crippen molar-refractivity contribution < 1.29 is 38.6 Å². The first-order valence-electron chi connectivity index (χ1n) is 9.62. The molecule has 1 atom stereocenters. The number of ether oxygens (including phenoxy) is 2. The number of hydrogen-bond acceptors (Lipinski definition) is 7. The lowest BCUT2D eigenvalue weighted by atomic mass is 10.1. The number of esters is 1. The van der Waals surface area contributed by atoms with Crippen LogP contribution >= 0.6 is 11.6 Å². The van der Waals surface area contributed by atoms with Crippen LogP contribution in [0, 0.1) is 0 Å². The number of amides is 2. The van der Waals surface area contributed by atoms with E-state index in [0.29, 0.717) is 5.56 Å². The summed E-state index contributed by atoms with van der Waals surface area (Å²) in [6.07, 6.45) is -1.76. The van der Waals surface area contributed by atoms with Gasteiger partial charge in [0.15, 0.2) is 12.4 Å². The standard InChI is InChI=1S/C22H21ClN2O8/c1-13(26)24-16-9-5-8-15(23)20(16)21(30)32-12-18(27)17(10-19(28)29)25-22(31)33-11-14-6-3-2-4-7-14/h2-9,17H,10-12H2,1H3,(H,24,26)(H,25,31)(H,28,29). The fraction of sp³-hybridized carbons (Fsp3) is 0.227. The third-order valence-corrected chi connectivity index (χ3v) is 4.46. The van der Waals surface area contributed by atoms with Crippen molar-refractivity contribution in [2.45, 2.75) is 26.0 Å². The van der Waals surface area contributed by atoms with E-state index < -0.39 is 48.8 Å². The molecule has 0 aliphatic carbocycles. The number of carboxylic acids is 1. The van der Waals surface area contributed by atoms with Gasteiger partial charge < -0.3 is 25.2 Å². The molecule has 2 amide bonds. The molecular formula is C22H21ClN2O8. The van der Waals surface area contributed by atoms with Crippen molar-refractivity contribution in [1.82, 2.24) is 5.32 Å². The van der Waals surface area contributed by atoms with Gasteiger partial charge >= 0.3 is 18.0 Å². The maximum absolute atomic E-state index is 12.5. The average molecular weight is 477 g/mol. The summed E-state index contributed by atoms with van der Waals surface area (Å²) in [6.45, 7) is 0.299. The second-order valence-electron chi connectivity index (χ2n) is 6.74. The Kier molecular flexibility index (Phi) is 9.37. The third-order valence-electron chi connectivity index (χ3n) is 4.15. The van der Waals surface area contributed by atoms with Crippen molar-refractivity contribution in [3.8, 4) is 0 Å². The minimum absolute atomic E-state index is 0.0246. The minimum Gasteiger partial charge on any atom is -0.481 e. The first-order valence-corrected chi connectivity index (χ1v) is 10.00. The highest BCUT2D eigenvalue weighted by molar-refractivity contribution is 6.34. The minimum atomic E-state index is -1.50. The Labute approximate surface area is 193 Å². The number of anilines is 1. The summed E-state index contributed by atoms with van der Waals surface area (Å²) in [5, 5.41) is 13.6. The lowest BCUT2D eigenvalue weighted by Crippen LogP contribution is -2.44. The van der Waals surface area contributed by atoms with Gasteiger partial charge in [-0.2, -0.15) is 0 Å². The summed E-state index contributed by atoms with van der Waals surface area (Å²) in [5.41, 5.74) is 0.599. The van der Waals surface area contributed by atoms with E-state index in [-0.39, 0.29) is 22.9 Å². The molecule has 0 fully saturated rings. The van der Waals surface area contributed by atoms with E-state index in [4.69, 9.17) is 26.2 Å². The van der Waals surface area contributed by atoms with Gasteiger partial charge in [0.1, 0.15) is 18.2 Å². The molecule has 2 aromatic carbocycles. The molecule has 0 saturated carbocycles. The molecule has 0 aliphatic rings. The van der Waals surface area contributed by atoms with Gasteiger partial charge in [0, 0.05) is 6.92 Å². The van der Waals surface area contributed by atoms with Gasteiger partial charge in [0.2, 0.25) is 5.91 Å². The van der Waals surface area contributed by atoms with Crippen LogP contribution in [0.2, 0.25) is 5.02 Å². The molecule has 0 radical (unpaired) electrons. The number of aliphatic carboxylic acids is 1. The van der Waals surface area contributed by atoms with Gasteiger partial charge in [0.25, 0.3) is 0 Å². The maximum atomic E-state index is 12.5. The largest absolute Gasteiger partial charge is 0.481 e. The molecule has 0 bridgehead atoms. The van der Waals surface area contributed by atoms with Gasteiger partial charge in [-0.3, -0.25) is 14.4 Å². The number of carbonyl (C=O) groups excluding carboxylic acids is 4. The Balaban J connectivity index is 2.00. The van der Waals surface area contributed by atoms with Gasteiger partial charge in [-0.15, -0.1) is 0 Å². The molecule has 10 nitrogen and oxygen atoms in total. The van der Waals surface area contributed by atoms with E-state index in [0.717, 1.165) is 0 Å². The lowest BCUT2D eigenvalue weighted by molar-refractivity contribution is -0.139. The van der Waals surface area contributed by atoms with Gasteiger partial charge in [-0.1, -0.05) is 48.0 Å². The molecule has 0 saturated heterocycles. The SMILES string of the molecule is CC(=O)Nc1cccc(Cl)c1C(=O)OCC(=O)C(CC(=O)O)NC(=O)OCc1ccccc1. The van der Waals surface area contributed by atoms with Crippen molar-refractivity contribution in [2.24, 2.45) is 0 Å². The van der Waals surface area contributed by atoms with Crippen molar-refractivity contribution in [3.63, 3.8) is 0 Å². The molecule has 0 spiro atoms. The van der Waals surface area contributed by atoms with E-state index >= 15 is 0 Å². The summed E-state index contributed by atoms with van der Waals surface area (Å²) in [7, 11) is 0. The van der Waals surface area contributed by atoms with Gasteiger partial charge in [-0.25, -0.2) is 9.59 Å². The van der Waals surface area contributed by atoms with Crippen LogP contribution in [0.3, 0.4) is 0 Å². The Hall–Kier alpha value is -3.92. The predicted molar refractivity (Wildman–Crippen MR) is 117 cm³/mol. The summed E-state index contributed by atoms with van der Waals surface area (Å²) < 4.78 is 9.95. The smallest absolute Gasteiger partial charge is 0.408 e. The van der Waals surface area contributed by atoms with Crippen LogP contribution < -0.4 is 10.6 Å². The number of rotatable bonds is 10. The van der Waals surface area contributed by atoms with Crippen LogP contribution in [0.1, 0.15) is 29.3 Å². The van der Waals surface area contributed by atoms with Crippen molar-refractivity contribution in [1.29, 1.82) is 0 Å². The monoisotopic (exact) mass is 476 g/mol. The van der Waals surface area contributed by atoms with E-state index in [1.54, 1.807) is 30.3 Å². The van der Waals surface area contributed by atoms with Crippen LogP contribution in [0.15, 0.2) is 48.5 Å². The van der Waals surface area contributed by atoms with Crippen molar-refractivity contribution in [3.05, 3.63) is 64.7 Å². The summed E-state index contributed by atoms with van der Waals surface area (Å²) >= 11 is 6.02. The molecule has 174 valence electrons. The predicted octanol–water partition coefficient (Wildman–Crippen LogP) is 2.79. The summed E-state index contributed by atoms with van der Waals surface area (Å²) in [6, 6.07) is 11.5. The Bertz CT molecular complexity index is 1040. The van der Waals surface area contributed by atoms with Crippen LogP contribution in [-0.4, -0.2) is 47.5 Å². The van der Waals surface area contributed by atoms with E-state index in [2.05, 4.69) is 10.6 Å².